The molecule has 88 valence electrons. The van der Waals surface area contributed by atoms with Crippen molar-refractivity contribution in [2.24, 2.45) is 0 Å². The van der Waals surface area contributed by atoms with Crippen molar-refractivity contribution in [2.75, 3.05) is 0 Å². The van der Waals surface area contributed by atoms with E-state index in [0.717, 1.165) is 15.1 Å². The molecule has 2 rings (SSSR count). The number of pyridine rings is 1. The predicted octanol–water partition coefficient (Wildman–Crippen LogP) is 3.83. The van der Waals surface area contributed by atoms with Crippen LogP contribution in [0.4, 0.5) is 4.39 Å². The van der Waals surface area contributed by atoms with Crippen molar-refractivity contribution in [1.82, 2.24) is 4.98 Å². The zero-order chi connectivity index (χ0) is 12.4. The van der Waals surface area contributed by atoms with Crippen molar-refractivity contribution in [2.45, 2.75) is 6.10 Å². The van der Waals surface area contributed by atoms with Crippen LogP contribution in [0.3, 0.4) is 0 Å². The lowest BCUT2D eigenvalue weighted by Gasteiger charge is -2.12. The van der Waals surface area contributed by atoms with Crippen molar-refractivity contribution < 1.29 is 9.50 Å². The molecule has 0 spiro atoms. The lowest BCUT2D eigenvalue weighted by Crippen LogP contribution is -2.03. The largest absolute Gasteiger partial charge is 0.384 e. The molecule has 0 amide bonds. The number of hydrogen-bond acceptors (Lipinski definition) is 2. The summed E-state index contributed by atoms with van der Waals surface area (Å²) in [6, 6.07) is 6.74. The van der Waals surface area contributed by atoms with Crippen LogP contribution in [-0.2, 0) is 0 Å². The average molecular weight is 361 g/mol. The molecule has 2 nitrogen and oxygen atoms in total. The highest BCUT2D eigenvalue weighted by Gasteiger charge is 2.15. The van der Waals surface area contributed by atoms with Gasteiger partial charge in [-0.2, -0.15) is 0 Å². The summed E-state index contributed by atoms with van der Waals surface area (Å²) in [5.41, 5.74) is 0.833. The van der Waals surface area contributed by atoms with Crippen LogP contribution >= 0.6 is 31.9 Å². The topological polar surface area (TPSA) is 33.1 Å². The number of aromatic nitrogens is 1. The molecule has 0 fully saturated rings. The highest BCUT2D eigenvalue weighted by Crippen LogP contribution is 2.29. The second-order valence-electron chi connectivity index (χ2n) is 3.47. The first-order valence-corrected chi connectivity index (χ1v) is 6.40. The predicted molar refractivity (Wildman–Crippen MR) is 70.1 cm³/mol. The number of aliphatic hydroxyl groups is 1. The Kier molecular flexibility index (Phi) is 3.91. The first kappa shape index (κ1) is 12.7. The third-order valence-electron chi connectivity index (χ3n) is 2.36. The van der Waals surface area contributed by atoms with Gasteiger partial charge in [0.15, 0.2) is 0 Å². The lowest BCUT2D eigenvalue weighted by atomic mass is 10.0. The van der Waals surface area contributed by atoms with E-state index in [1.54, 1.807) is 18.2 Å². The second kappa shape index (κ2) is 5.25. The summed E-state index contributed by atoms with van der Waals surface area (Å²) < 4.78 is 15.1. The molecular formula is C12H8Br2FNO. The summed E-state index contributed by atoms with van der Waals surface area (Å²) in [5.74, 6) is -0.515. The van der Waals surface area contributed by atoms with Crippen LogP contribution in [0.1, 0.15) is 17.2 Å². The maximum atomic E-state index is 13.5. The standard InChI is InChI=1S/C12H8Br2FNO/c13-9-2-1-7(5-10(9)14)12(17)8-3-4-16-6-11(8)15/h1-6,12,17H. The molecule has 1 unspecified atom stereocenters. The lowest BCUT2D eigenvalue weighted by molar-refractivity contribution is 0.214. The Hall–Kier alpha value is -0.780. The van der Waals surface area contributed by atoms with Crippen LogP contribution in [0, 0.1) is 5.82 Å². The Balaban J connectivity index is 2.40. The van der Waals surface area contributed by atoms with E-state index < -0.39 is 11.9 Å². The molecular weight excluding hydrogens is 353 g/mol. The average Bonchev–Trinajstić information content (AvgIpc) is 2.32. The van der Waals surface area contributed by atoms with E-state index in [1.807, 2.05) is 0 Å². The van der Waals surface area contributed by atoms with E-state index in [1.165, 1.54) is 12.3 Å². The fraction of sp³-hybridized carbons (Fsp3) is 0.0833. The van der Waals surface area contributed by atoms with E-state index in [9.17, 15) is 9.50 Å². The maximum Gasteiger partial charge on any atom is 0.147 e. The van der Waals surface area contributed by atoms with E-state index in [2.05, 4.69) is 36.8 Å². The molecule has 0 saturated carbocycles. The summed E-state index contributed by atoms with van der Waals surface area (Å²) in [4.78, 5) is 3.65. The van der Waals surface area contributed by atoms with Crippen molar-refractivity contribution in [3.8, 4) is 0 Å². The van der Waals surface area contributed by atoms with Crippen LogP contribution in [0.25, 0.3) is 0 Å². The zero-order valence-electron chi connectivity index (χ0n) is 8.57. The molecule has 0 aliphatic carbocycles. The number of rotatable bonds is 2. The van der Waals surface area contributed by atoms with Gasteiger partial charge in [0.1, 0.15) is 11.9 Å². The van der Waals surface area contributed by atoms with Gasteiger partial charge in [-0.25, -0.2) is 4.39 Å². The number of nitrogens with zero attached hydrogens (tertiary/aromatic N) is 1. The number of benzene rings is 1. The second-order valence-corrected chi connectivity index (χ2v) is 5.18. The minimum absolute atomic E-state index is 0.217. The number of hydrogen-bond donors (Lipinski definition) is 1. The van der Waals surface area contributed by atoms with Gasteiger partial charge in [0, 0.05) is 20.7 Å². The van der Waals surface area contributed by atoms with Gasteiger partial charge in [0.25, 0.3) is 0 Å². The Labute approximate surface area is 115 Å². The van der Waals surface area contributed by atoms with Crippen molar-refractivity contribution in [3.05, 3.63) is 62.5 Å². The minimum Gasteiger partial charge on any atom is -0.384 e. The molecule has 0 aliphatic heterocycles. The first-order chi connectivity index (χ1) is 8.09. The van der Waals surface area contributed by atoms with Crippen molar-refractivity contribution >= 4 is 31.9 Å². The Bertz CT molecular complexity index is 548. The summed E-state index contributed by atoms with van der Waals surface area (Å²) in [6.45, 7) is 0. The molecule has 17 heavy (non-hydrogen) atoms. The first-order valence-electron chi connectivity index (χ1n) is 4.82. The Morgan fingerprint density at radius 1 is 1.18 bits per heavy atom. The monoisotopic (exact) mass is 359 g/mol. The Morgan fingerprint density at radius 3 is 2.59 bits per heavy atom. The smallest absolute Gasteiger partial charge is 0.147 e. The molecule has 0 radical (unpaired) electrons. The number of halogens is 3. The van der Waals surface area contributed by atoms with Gasteiger partial charge < -0.3 is 5.11 Å². The maximum absolute atomic E-state index is 13.5. The van der Waals surface area contributed by atoms with E-state index >= 15 is 0 Å². The summed E-state index contributed by atoms with van der Waals surface area (Å²) in [5, 5.41) is 10.1. The zero-order valence-corrected chi connectivity index (χ0v) is 11.7. The molecule has 0 saturated heterocycles. The van der Waals surface area contributed by atoms with Crippen LogP contribution in [0.2, 0.25) is 0 Å². The minimum atomic E-state index is -0.998. The van der Waals surface area contributed by atoms with Gasteiger partial charge in [-0.15, -0.1) is 0 Å². The molecule has 1 heterocycles. The third-order valence-corrected chi connectivity index (χ3v) is 4.24. The summed E-state index contributed by atoms with van der Waals surface area (Å²) >= 11 is 6.68. The van der Waals surface area contributed by atoms with E-state index in [4.69, 9.17) is 0 Å². The summed E-state index contributed by atoms with van der Waals surface area (Å²) in [7, 11) is 0. The molecule has 1 aromatic heterocycles. The van der Waals surface area contributed by atoms with Crippen LogP contribution < -0.4 is 0 Å². The van der Waals surface area contributed by atoms with Gasteiger partial charge in [-0.3, -0.25) is 4.98 Å². The highest BCUT2D eigenvalue weighted by atomic mass is 79.9. The third kappa shape index (κ3) is 2.73. The normalized spacial score (nSPS) is 12.5. The van der Waals surface area contributed by atoms with Crippen LogP contribution in [0.15, 0.2) is 45.6 Å². The number of aliphatic hydroxyl groups excluding tert-OH is 1. The van der Waals surface area contributed by atoms with Gasteiger partial charge >= 0.3 is 0 Å². The molecule has 5 heteroatoms. The fourth-order valence-electron chi connectivity index (χ4n) is 1.47. The molecule has 0 bridgehead atoms. The molecule has 2 aromatic rings. The van der Waals surface area contributed by atoms with Gasteiger partial charge in [0.2, 0.25) is 0 Å². The quantitative estimate of drug-likeness (QED) is 0.882. The van der Waals surface area contributed by atoms with Crippen molar-refractivity contribution in [3.63, 3.8) is 0 Å². The molecule has 0 aliphatic rings. The van der Waals surface area contributed by atoms with Crippen LogP contribution in [-0.4, -0.2) is 10.1 Å². The Morgan fingerprint density at radius 2 is 1.94 bits per heavy atom. The van der Waals surface area contributed by atoms with Crippen molar-refractivity contribution in [1.29, 1.82) is 0 Å². The van der Waals surface area contributed by atoms with Crippen LogP contribution in [0.5, 0.6) is 0 Å². The van der Waals surface area contributed by atoms with Gasteiger partial charge in [0.05, 0.1) is 6.20 Å². The SMILES string of the molecule is OC(c1ccc(Br)c(Br)c1)c1ccncc1F. The van der Waals surface area contributed by atoms with Gasteiger partial charge in [-0.05, 0) is 55.6 Å². The summed E-state index contributed by atoms with van der Waals surface area (Å²) in [6.07, 6.45) is 1.55. The fourth-order valence-corrected chi connectivity index (χ4v) is 2.11. The van der Waals surface area contributed by atoms with E-state index in [-0.39, 0.29) is 5.56 Å². The molecule has 1 atom stereocenters. The molecule has 1 aromatic carbocycles. The molecule has 1 N–H and O–H groups in total. The van der Waals surface area contributed by atoms with Gasteiger partial charge in [-0.1, -0.05) is 6.07 Å². The highest BCUT2D eigenvalue weighted by molar-refractivity contribution is 9.13. The van der Waals surface area contributed by atoms with E-state index in [0.29, 0.717) is 5.56 Å².